The van der Waals surface area contributed by atoms with E-state index in [0.29, 0.717) is 12.2 Å². The number of benzene rings is 1. The molecule has 2 aliphatic rings. The van der Waals surface area contributed by atoms with Crippen molar-refractivity contribution in [1.29, 1.82) is 0 Å². The lowest BCUT2D eigenvalue weighted by molar-refractivity contribution is -0.126. The van der Waals surface area contributed by atoms with Crippen LogP contribution in [0.5, 0.6) is 0 Å². The van der Waals surface area contributed by atoms with Crippen molar-refractivity contribution >= 4 is 11.5 Å². The van der Waals surface area contributed by atoms with E-state index in [-0.39, 0.29) is 17.4 Å². The average molecular weight is 256 g/mol. The van der Waals surface area contributed by atoms with Crippen molar-refractivity contribution in [2.45, 2.75) is 39.7 Å². The van der Waals surface area contributed by atoms with Gasteiger partial charge in [0.2, 0.25) is 0 Å². The highest BCUT2D eigenvalue weighted by molar-refractivity contribution is 6.15. The van der Waals surface area contributed by atoms with Crippen molar-refractivity contribution in [3.63, 3.8) is 0 Å². The number of fused-ring (bicyclic) bond motifs is 1. The Kier molecular flexibility index (Phi) is 2.73. The van der Waals surface area contributed by atoms with E-state index in [1.165, 1.54) is 5.56 Å². The fraction of sp³-hybridized carbons (Fsp3) is 0.500. The number of hydrogen-bond acceptors (Lipinski definition) is 3. The second-order valence-electron chi connectivity index (χ2n) is 6.59. The minimum Gasteiger partial charge on any atom is -0.306 e. The maximum absolute atomic E-state index is 12.4. The van der Waals surface area contributed by atoms with E-state index >= 15 is 0 Å². The average Bonchev–Trinajstić information content (AvgIpc) is 2.72. The summed E-state index contributed by atoms with van der Waals surface area (Å²) < 4.78 is 0. The third-order valence-electron chi connectivity index (χ3n) is 4.17. The van der Waals surface area contributed by atoms with Gasteiger partial charge in [-0.15, -0.1) is 0 Å². The Balaban J connectivity index is 1.90. The topological polar surface area (TPSA) is 41.5 Å². The minimum atomic E-state index is -0.0595. The van der Waals surface area contributed by atoms with Gasteiger partial charge in [0, 0.05) is 6.42 Å². The molecule has 0 unspecified atom stereocenters. The molecule has 3 heteroatoms. The Bertz CT molecular complexity index is 542. The smallest absolute Gasteiger partial charge is 0.144 e. The molecule has 100 valence electrons. The highest BCUT2D eigenvalue weighted by atomic mass is 16.1. The number of hydrazone groups is 1. The number of aryl methyl sites for hydroxylation is 1. The molecule has 1 aliphatic heterocycles. The minimum absolute atomic E-state index is 0.0595. The molecular weight excluding hydrogens is 236 g/mol. The van der Waals surface area contributed by atoms with Gasteiger partial charge in [0.1, 0.15) is 5.78 Å². The van der Waals surface area contributed by atoms with E-state index in [1.54, 1.807) is 0 Å². The summed E-state index contributed by atoms with van der Waals surface area (Å²) in [5.41, 5.74) is 6.48. The molecule has 0 aromatic heterocycles. The van der Waals surface area contributed by atoms with E-state index in [9.17, 15) is 4.79 Å². The van der Waals surface area contributed by atoms with Gasteiger partial charge < -0.3 is 5.43 Å². The normalized spacial score (nSPS) is 28.6. The zero-order valence-corrected chi connectivity index (χ0v) is 11.7. The van der Waals surface area contributed by atoms with Crippen LogP contribution in [0.1, 0.15) is 37.8 Å². The maximum atomic E-state index is 12.4. The SMILES string of the molecule is Cc1ccc(C2=NN[C@@H]3CC(C)(C)CC(=O)[C@@H]23)cc1. The second-order valence-corrected chi connectivity index (χ2v) is 6.59. The zero-order valence-electron chi connectivity index (χ0n) is 11.7. The molecule has 1 N–H and O–H groups in total. The molecule has 1 aromatic carbocycles. The van der Waals surface area contributed by atoms with Gasteiger partial charge in [-0.1, -0.05) is 43.7 Å². The fourth-order valence-electron chi connectivity index (χ4n) is 3.25. The van der Waals surface area contributed by atoms with Crippen LogP contribution in [0.4, 0.5) is 0 Å². The first-order chi connectivity index (χ1) is 8.96. The highest BCUT2D eigenvalue weighted by Crippen LogP contribution is 2.39. The third kappa shape index (κ3) is 2.18. The molecule has 3 nitrogen and oxygen atoms in total. The molecule has 19 heavy (non-hydrogen) atoms. The summed E-state index contributed by atoms with van der Waals surface area (Å²) in [4.78, 5) is 12.4. The number of carbonyl (C=O) groups is 1. The van der Waals surface area contributed by atoms with Crippen LogP contribution in [0.25, 0.3) is 0 Å². The summed E-state index contributed by atoms with van der Waals surface area (Å²) in [6, 6.07) is 8.44. The molecule has 3 rings (SSSR count). The van der Waals surface area contributed by atoms with E-state index in [4.69, 9.17) is 0 Å². The Morgan fingerprint density at radius 1 is 1.26 bits per heavy atom. The van der Waals surface area contributed by atoms with Gasteiger partial charge in [0.15, 0.2) is 0 Å². The summed E-state index contributed by atoms with van der Waals surface area (Å²) in [7, 11) is 0. The van der Waals surface area contributed by atoms with E-state index in [0.717, 1.165) is 17.7 Å². The molecule has 0 saturated heterocycles. The number of nitrogens with one attached hydrogen (secondary N) is 1. The van der Waals surface area contributed by atoms with Crippen molar-refractivity contribution < 1.29 is 4.79 Å². The Labute approximate surface area is 114 Å². The van der Waals surface area contributed by atoms with Crippen molar-refractivity contribution in [3.05, 3.63) is 35.4 Å². The highest BCUT2D eigenvalue weighted by Gasteiger charge is 2.46. The molecule has 1 fully saturated rings. The summed E-state index contributed by atoms with van der Waals surface area (Å²) in [5.74, 6) is 0.265. The van der Waals surface area contributed by atoms with Gasteiger partial charge in [0.05, 0.1) is 17.7 Å². The summed E-state index contributed by atoms with van der Waals surface area (Å²) in [5, 5.41) is 4.44. The number of rotatable bonds is 1. The molecule has 0 bridgehead atoms. The standard InChI is InChI=1S/C16H20N2O/c1-10-4-6-11(7-5-10)15-14-12(17-18-15)8-16(2,3)9-13(14)19/h4-7,12,14,17H,8-9H2,1-3H3/t12-,14+/m1/s1. The molecule has 1 aromatic rings. The molecule has 1 heterocycles. The van der Waals surface area contributed by atoms with Gasteiger partial charge in [-0.25, -0.2) is 0 Å². The van der Waals surface area contributed by atoms with Gasteiger partial charge in [-0.05, 0) is 24.3 Å². The molecule has 2 atom stereocenters. The van der Waals surface area contributed by atoms with E-state index in [2.05, 4.69) is 55.6 Å². The summed E-state index contributed by atoms with van der Waals surface area (Å²) >= 11 is 0. The predicted octanol–water partition coefficient (Wildman–Crippen LogP) is 2.68. The lowest BCUT2D eigenvalue weighted by Gasteiger charge is -2.36. The summed E-state index contributed by atoms with van der Waals surface area (Å²) in [6.07, 6.45) is 1.66. The monoisotopic (exact) mass is 256 g/mol. The van der Waals surface area contributed by atoms with Crippen LogP contribution in [0.2, 0.25) is 0 Å². The molecule has 0 spiro atoms. The van der Waals surface area contributed by atoms with Crippen LogP contribution < -0.4 is 5.43 Å². The van der Waals surface area contributed by atoms with Crippen LogP contribution in [-0.2, 0) is 4.79 Å². The lowest BCUT2D eigenvalue weighted by atomic mass is 9.68. The van der Waals surface area contributed by atoms with Gasteiger partial charge in [-0.3, -0.25) is 4.79 Å². The van der Waals surface area contributed by atoms with Crippen molar-refractivity contribution in [2.24, 2.45) is 16.4 Å². The van der Waals surface area contributed by atoms with Crippen molar-refractivity contribution in [2.75, 3.05) is 0 Å². The third-order valence-corrected chi connectivity index (χ3v) is 4.17. The summed E-state index contributed by atoms with van der Waals surface area (Å²) in [6.45, 7) is 6.38. The number of ketones is 1. The van der Waals surface area contributed by atoms with Crippen molar-refractivity contribution in [1.82, 2.24) is 5.43 Å². The van der Waals surface area contributed by atoms with Gasteiger partial charge >= 0.3 is 0 Å². The van der Waals surface area contributed by atoms with Crippen LogP contribution in [0.3, 0.4) is 0 Å². The Morgan fingerprint density at radius 2 is 1.95 bits per heavy atom. The molecule has 1 aliphatic carbocycles. The fourth-order valence-corrected chi connectivity index (χ4v) is 3.25. The van der Waals surface area contributed by atoms with Crippen LogP contribution in [0.15, 0.2) is 29.4 Å². The van der Waals surface area contributed by atoms with Crippen LogP contribution in [0, 0.1) is 18.3 Å². The second kappa shape index (κ2) is 4.19. The number of hydrogen-bond donors (Lipinski definition) is 1. The van der Waals surface area contributed by atoms with Crippen molar-refractivity contribution in [3.8, 4) is 0 Å². The quantitative estimate of drug-likeness (QED) is 0.839. The molecule has 0 amide bonds. The van der Waals surface area contributed by atoms with E-state index < -0.39 is 0 Å². The first-order valence-corrected chi connectivity index (χ1v) is 6.89. The number of Topliss-reactive ketones (excluding diaryl/α,β-unsaturated/α-hetero) is 1. The van der Waals surface area contributed by atoms with Crippen LogP contribution in [-0.4, -0.2) is 17.5 Å². The predicted molar refractivity (Wildman–Crippen MR) is 76.2 cm³/mol. The zero-order chi connectivity index (χ0) is 13.6. The molecular formula is C16H20N2O. The first kappa shape index (κ1) is 12.4. The molecule has 1 saturated carbocycles. The van der Waals surface area contributed by atoms with E-state index in [1.807, 2.05) is 0 Å². The Hall–Kier alpha value is -1.64. The van der Waals surface area contributed by atoms with Gasteiger partial charge in [-0.2, -0.15) is 5.10 Å². The number of nitrogens with zero attached hydrogens (tertiary/aromatic N) is 1. The van der Waals surface area contributed by atoms with Crippen LogP contribution >= 0.6 is 0 Å². The lowest BCUT2D eigenvalue weighted by Crippen LogP contribution is -2.45. The largest absolute Gasteiger partial charge is 0.306 e. The number of carbonyl (C=O) groups excluding carboxylic acids is 1. The van der Waals surface area contributed by atoms with Gasteiger partial charge in [0.25, 0.3) is 0 Å². The first-order valence-electron chi connectivity index (χ1n) is 6.89. The Morgan fingerprint density at radius 3 is 2.63 bits per heavy atom. The molecule has 0 radical (unpaired) electrons. The maximum Gasteiger partial charge on any atom is 0.144 e.